The van der Waals surface area contributed by atoms with Crippen molar-refractivity contribution in [3.63, 3.8) is 0 Å². The Bertz CT molecular complexity index is 1260. The molecule has 4 aromatic rings. The van der Waals surface area contributed by atoms with E-state index in [1.54, 1.807) is 18.0 Å². The number of ether oxygens (including phenoxy) is 2. The quantitative estimate of drug-likeness (QED) is 0.496. The highest BCUT2D eigenvalue weighted by Gasteiger charge is 2.23. The fraction of sp³-hybridized carbons (Fsp3) is 0.240. The van der Waals surface area contributed by atoms with Gasteiger partial charge in [-0.3, -0.25) is 9.58 Å². The van der Waals surface area contributed by atoms with Gasteiger partial charge >= 0.3 is 0 Å². The zero-order chi connectivity index (χ0) is 22.8. The molecule has 4 heterocycles. The molecule has 0 fully saturated rings. The Morgan fingerprint density at radius 2 is 1.79 bits per heavy atom. The van der Waals surface area contributed by atoms with Crippen LogP contribution >= 0.6 is 0 Å². The molecule has 1 unspecified atom stereocenters. The first-order chi connectivity index (χ1) is 16.1. The summed E-state index contributed by atoms with van der Waals surface area (Å²) in [6, 6.07) is 18.1. The third-order valence-electron chi connectivity index (χ3n) is 5.61. The summed E-state index contributed by atoms with van der Waals surface area (Å²) < 4.78 is 13.6. The number of aromatic nitrogens is 4. The summed E-state index contributed by atoms with van der Waals surface area (Å²) in [6.07, 6.45) is 3.63. The van der Waals surface area contributed by atoms with Gasteiger partial charge in [0.1, 0.15) is 17.7 Å². The van der Waals surface area contributed by atoms with Gasteiger partial charge in [0.25, 0.3) is 0 Å². The second-order valence-corrected chi connectivity index (χ2v) is 8.16. The van der Waals surface area contributed by atoms with E-state index in [0.717, 1.165) is 35.3 Å². The highest BCUT2D eigenvalue weighted by Crippen LogP contribution is 2.32. The molecule has 168 valence electrons. The summed E-state index contributed by atoms with van der Waals surface area (Å²) in [4.78, 5) is 11.6. The van der Waals surface area contributed by atoms with Gasteiger partial charge in [-0.25, -0.2) is 0 Å². The van der Waals surface area contributed by atoms with Crippen LogP contribution < -0.4 is 14.8 Å². The molecule has 8 nitrogen and oxygen atoms in total. The number of hydrogen-bond donors (Lipinski definition) is 1. The van der Waals surface area contributed by atoms with Gasteiger partial charge in [0.15, 0.2) is 0 Å². The Balaban J connectivity index is 1.41. The summed E-state index contributed by atoms with van der Waals surface area (Å²) in [7, 11) is 5.59. The van der Waals surface area contributed by atoms with Crippen molar-refractivity contribution in [1.29, 1.82) is 0 Å². The molecule has 3 aromatic heterocycles. The molecule has 0 saturated heterocycles. The summed E-state index contributed by atoms with van der Waals surface area (Å²) >= 11 is 0. The Morgan fingerprint density at radius 1 is 1.00 bits per heavy atom. The third kappa shape index (κ3) is 4.51. The Kier molecular flexibility index (Phi) is 5.66. The Hall–Kier alpha value is -3.91. The highest BCUT2D eigenvalue weighted by atomic mass is 16.5. The molecule has 1 N–H and O–H groups in total. The maximum atomic E-state index is 6.37. The number of anilines is 2. The van der Waals surface area contributed by atoms with Gasteiger partial charge in [-0.2, -0.15) is 15.1 Å². The fourth-order valence-electron chi connectivity index (χ4n) is 3.99. The number of pyridine rings is 2. The lowest BCUT2D eigenvalue weighted by molar-refractivity contribution is 0.160. The number of nitrogens with zero attached hydrogens (tertiary/aromatic N) is 5. The molecular formula is C25H26N6O2. The van der Waals surface area contributed by atoms with Gasteiger partial charge in [0, 0.05) is 43.0 Å². The van der Waals surface area contributed by atoms with Crippen molar-refractivity contribution in [3.8, 4) is 22.9 Å². The van der Waals surface area contributed by atoms with E-state index >= 15 is 0 Å². The van der Waals surface area contributed by atoms with Gasteiger partial charge in [-0.15, -0.1) is 0 Å². The molecule has 0 bridgehead atoms. The third-order valence-corrected chi connectivity index (χ3v) is 5.61. The minimum absolute atomic E-state index is 0.0859. The second kappa shape index (κ2) is 8.91. The lowest BCUT2D eigenvalue weighted by Crippen LogP contribution is -2.24. The van der Waals surface area contributed by atoms with Crippen LogP contribution in [-0.4, -0.2) is 45.4 Å². The van der Waals surface area contributed by atoms with Crippen molar-refractivity contribution in [2.45, 2.75) is 12.6 Å². The first kappa shape index (κ1) is 21.0. The lowest BCUT2D eigenvalue weighted by atomic mass is 10.1. The average Bonchev–Trinajstić information content (AvgIpc) is 3.18. The van der Waals surface area contributed by atoms with Crippen LogP contribution in [0.1, 0.15) is 17.2 Å². The van der Waals surface area contributed by atoms with E-state index in [1.807, 2.05) is 49.6 Å². The summed E-state index contributed by atoms with van der Waals surface area (Å²) in [5, 5.41) is 7.51. The fourth-order valence-corrected chi connectivity index (χ4v) is 3.99. The first-order valence-electron chi connectivity index (χ1n) is 10.8. The Labute approximate surface area is 192 Å². The van der Waals surface area contributed by atoms with Gasteiger partial charge in [-0.1, -0.05) is 30.3 Å². The molecule has 0 saturated carbocycles. The standard InChI is InChI=1S/C25H26N6O2/c1-30-14-18-9-11-22(28-24(18)33-21(16-30)17-7-5-4-6-8-17)27-23-12-10-20(25(29-23)32-3)19-13-26-31(2)15-19/h4-13,15,21H,14,16H2,1-3H3,(H,27,28,29). The molecule has 1 aliphatic rings. The Morgan fingerprint density at radius 3 is 2.55 bits per heavy atom. The van der Waals surface area contributed by atoms with Crippen LogP contribution in [0.4, 0.5) is 11.6 Å². The normalized spacial score (nSPS) is 15.9. The predicted octanol–water partition coefficient (Wildman–Crippen LogP) is 4.19. The smallest absolute Gasteiger partial charge is 0.223 e. The largest absolute Gasteiger partial charge is 0.480 e. The van der Waals surface area contributed by atoms with E-state index in [0.29, 0.717) is 23.4 Å². The molecule has 0 radical (unpaired) electrons. The van der Waals surface area contributed by atoms with Crippen LogP contribution in [0.5, 0.6) is 11.8 Å². The maximum absolute atomic E-state index is 6.37. The molecule has 33 heavy (non-hydrogen) atoms. The summed E-state index contributed by atoms with van der Waals surface area (Å²) in [5.74, 6) is 2.45. The minimum Gasteiger partial charge on any atom is -0.480 e. The van der Waals surface area contributed by atoms with Crippen molar-refractivity contribution in [2.24, 2.45) is 7.05 Å². The van der Waals surface area contributed by atoms with Gasteiger partial charge in [-0.05, 0) is 36.9 Å². The highest BCUT2D eigenvalue weighted by molar-refractivity contribution is 5.70. The topological polar surface area (TPSA) is 77.3 Å². The number of aryl methyl sites for hydroxylation is 1. The van der Waals surface area contributed by atoms with E-state index in [-0.39, 0.29) is 6.10 Å². The number of likely N-dealkylation sites (N-methyl/N-ethyl adjacent to an activating group) is 1. The lowest BCUT2D eigenvalue weighted by Gasteiger charge is -2.20. The predicted molar refractivity (Wildman–Crippen MR) is 127 cm³/mol. The number of hydrogen-bond acceptors (Lipinski definition) is 7. The van der Waals surface area contributed by atoms with Crippen molar-refractivity contribution in [1.82, 2.24) is 24.6 Å². The number of fused-ring (bicyclic) bond motifs is 1. The first-order valence-corrected chi connectivity index (χ1v) is 10.8. The second-order valence-electron chi connectivity index (χ2n) is 8.16. The molecule has 0 spiro atoms. The van der Waals surface area contributed by atoms with Crippen LogP contribution in [0.25, 0.3) is 11.1 Å². The van der Waals surface area contributed by atoms with Crippen LogP contribution in [0, 0.1) is 0 Å². The van der Waals surface area contributed by atoms with Gasteiger partial charge in [0.2, 0.25) is 11.8 Å². The van der Waals surface area contributed by atoms with Crippen molar-refractivity contribution >= 4 is 11.6 Å². The molecule has 1 aliphatic heterocycles. The van der Waals surface area contributed by atoms with E-state index in [1.165, 1.54) is 0 Å². The minimum atomic E-state index is -0.0859. The van der Waals surface area contributed by atoms with Crippen molar-refractivity contribution in [2.75, 3.05) is 26.0 Å². The summed E-state index contributed by atoms with van der Waals surface area (Å²) in [5.41, 5.74) is 4.01. The zero-order valence-electron chi connectivity index (χ0n) is 18.9. The van der Waals surface area contributed by atoms with Crippen LogP contribution in [-0.2, 0) is 13.6 Å². The number of benzene rings is 1. The molecule has 8 heteroatoms. The molecule has 5 rings (SSSR count). The van der Waals surface area contributed by atoms with Gasteiger partial charge < -0.3 is 14.8 Å². The van der Waals surface area contributed by atoms with Gasteiger partial charge in [0.05, 0.1) is 13.3 Å². The summed E-state index contributed by atoms with van der Waals surface area (Å²) in [6.45, 7) is 1.57. The number of nitrogens with one attached hydrogen (secondary N) is 1. The average molecular weight is 443 g/mol. The molecule has 1 aromatic carbocycles. The van der Waals surface area contributed by atoms with E-state index in [4.69, 9.17) is 14.5 Å². The van der Waals surface area contributed by atoms with Crippen LogP contribution in [0.3, 0.4) is 0 Å². The maximum Gasteiger partial charge on any atom is 0.223 e. The molecule has 0 aliphatic carbocycles. The van der Waals surface area contributed by atoms with Crippen LogP contribution in [0.15, 0.2) is 67.0 Å². The van der Waals surface area contributed by atoms with Crippen molar-refractivity contribution < 1.29 is 9.47 Å². The number of rotatable bonds is 5. The monoisotopic (exact) mass is 442 g/mol. The SMILES string of the molecule is COc1nc(Nc2ccc3c(n2)OC(c2ccccc2)CN(C)C3)ccc1-c1cnn(C)c1. The van der Waals surface area contributed by atoms with E-state index < -0.39 is 0 Å². The molecule has 1 atom stereocenters. The molecule has 0 amide bonds. The van der Waals surface area contributed by atoms with E-state index in [9.17, 15) is 0 Å². The van der Waals surface area contributed by atoms with E-state index in [2.05, 4.69) is 45.5 Å². The van der Waals surface area contributed by atoms with Crippen LogP contribution in [0.2, 0.25) is 0 Å². The zero-order valence-corrected chi connectivity index (χ0v) is 18.9. The number of methoxy groups -OCH3 is 1. The van der Waals surface area contributed by atoms with Crippen molar-refractivity contribution in [3.05, 3.63) is 78.1 Å². The molecular weight excluding hydrogens is 416 g/mol.